The molecular weight excluding hydrogens is 198 g/mol. The van der Waals surface area contributed by atoms with Crippen molar-refractivity contribution in [2.45, 2.75) is 20.4 Å². The summed E-state index contributed by atoms with van der Waals surface area (Å²) in [5, 5.41) is 0. The molecular formula is C14H15NO. The largest absolute Gasteiger partial charge is 0.311 e. The van der Waals surface area contributed by atoms with Gasteiger partial charge < -0.3 is 4.57 Å². The topological polar surface area (TPSA) is 22.0 Å². The van der Waals surface area contributed by atoms with Crippen molar-refractivity contribution in [3.8, 4) is 0 Å². The van der Waals surface area contributed by atoms with Crippen LogP contribution in [0.3, 0.4) is 0 Å². The Bertz CT molecular complexity index is 555. The van der Waals surface area contributed by atoms with Crippen LogP contribution in [-0.2, 0) is 6.54 Å². The van der Waals surface area contributed by atoms with Crippen molar-refractivity contribution in [3.63, 3.8) is 0 Å². The van der Waals surface area contributed by atoms with Gasteiger partial charge in [0.15, 0.2) is 0 Å². The molecule has 0 atom stereocenters. The van der Waals surface area contributed by atoms with E-state index in [1.54, 1.807) is 16.7 Å². The zero-order valence-corrected chi connectivity index (χ0v) is 9.60. The smallest absolute Gasteiger partial charge is 0.250 e. The molecule has 0 fully saturated rings. The van der Waals surface area contributed by atoms with Crippen molar-refractivity contribution >= 4 is 0 Å². The molecule has 0 saturated carbocycles. The normalized spacial score (nSPS) is 10.4. The molecule has 1 aromatic carbocycles. The Morgan fingerprint density at radius 1 is 1.06 bits per heavy atom. The van der Waals surface area contributed by atoms with Crippen LogP contribution in [0.25, 0.3) is 0 Å². The fourth-order valence-electron chi connectivity index (χ4n) is 1.69. The first-order valence-corrected chi connectivity index (χ1v) is 5.38. The molecule has 0 N–H and O–H groups in total. The zero-order chi connectivity index (χ0) is 11.5. The molecule has 2 rings (SSSR count). The van der Waals surface area contributed by atoms with Crippen molar-refractivity contribution in [2.24, 2.45) is 0 Å². The number of rotatable bonds is 2. The molecule has 0 aliphatic heterocycles. The van der Waals surface area contributed by atoms with E-state index in [4.69, 9.17) is 0 Å². The molecule has 82 valence electrons. The summed E-state index contributed by atoms with van der Waals surface area (Å²) in [5.41, 5.74) is 3.75. The van der Waals surface area contributed by atoms with Gasteiger partial charge in [-0.3, -0.25) is 4.79 Å². The van der Waals surface area contributed by atoms with Gasteiger partial charge in [-0.1, -0.05) is 24.3 Å². The minimum absolute atomic E-state index is 0.0423. The molecule has 2 aromatic rings. The predicted octanol–water partition coefficient (Wildman–Crippen LogP) is 2.51. The average Bonchev–Trinajstić information content (AvgIpc) is 2.27. The van der Waals surface area contributed by atoms with Crippen molar-refractivity contribution < 1.29 is 0 Å². The molecule has 1 aromatic heterocycles. The molecule has 0 amide bonds. The van der Waals surface area contributed by atoms with Gasteiger partial charge in [-0.05, 0) is 36.6 Å². The highest BCUT2D eigenvalue weighted by Crippen LogP contribution is 2.10. The lowest BCUT2D eigenvalue weighted by atomic mass is 10.1. The number of aryl methyl sites for hydroxylation is 2. The van der Waals surface area contributed by atoms with E-state index in [2.05, 4.69) is 32.0 Å². The molecule has 0 spiro atoms. The Hall–Kier alpha value is -1.83. The maximum absolute atomic E-state index is 11.5. The second-order valence-electron chi connectivity index (χ2n) is 4.09. The van der Waals surface area contributed by atoms with Crippen molar-refractivity contribution in [1.82, 2.24) is 4.57 Å². The van der Waals surface area contributed by atoms with Crippen LogP contribution < -0.4 is 5.56 Å². The first kappa shape index (κ1) is 10.7. The Kier molecular flexibility index (Phi) is 2.91. The molecule has 0 aliphatic carbocycles. The maximum Gasteiger partial charge on any atom is 0.250 e. The first-order valence-electron chi connectivity index (χ1n) is 5.38. The summed E-state index contributed by atoms with van der Waals surface area (Å²) in [4.78, 5) is 11.5. The Morgan fingerprint density at radius 2 is 1.88 bits per heavy atom. The Morgan fingerprint density at radius 3 is 2.56 bits per heavy atom. The van der Waals surface area contributed by atoms with Crippen molar-refractivity contribution in [3.05, 3.63) is 69.6 Å². The van der Waals surface area contributed by atoms with E-state index >= 15 is 0 Å². The summed E-state index contributed by atoms with van der Waals surface area (Å²) < 4.78 is 1.71. The van der Waals surface area contributed by atoms with E-state index < -0.39 is 0 Å². The van der Waals surface area contributed by atoms with Gasteiger partial charge in [0.25, 0.3) is 5.56 Å². The third-order valence-corrected chi connectivity index (χ3v) is 2.82. The van der Waals surface area contributed by atoms with Gasteiger partial charge in [-0.25, -0.2) is 0 Å². The molecule has 0 unspecified atom stereocenters. The van der Waals surface area contributed by atoms with Crippen LogP contribution in [0.5, 0.6) is 0 Å². The van der Waals surface area contributed by atoms with E-state index in [-0.39, 0.29) is 5.56 Å². The lowest BCUT2D eigenvalue weighted by Gasteiger charge is -2.07. The quantitative estimate of drug-likeness (QED) is 0.751. The SMILES string of the molecule is Cc1ccc(Cn2ccccc2=O)cc1C. The fourth-order valence-corrected chi connectivity index (χ4v) is 1.69. The Labute approximate surface area is 95.2 Å². The first-order chi connectivity index (χ1) is 7.66. The van der Waals surface area contributed by atoms with Gasteiger partial charge in [0.05, 0.1) is 6.54 Å². The molecule has 0 aliphatic rings. The van der Waals surface area contributed by atoms with Crippen LogP contribution in [-0.4, -0.2) is 4.57 Å². The van der Waals surface area contributed by atoms with Gasteiger partial charge in [0.2, 0.25) is 0 Å². The Balaban J connectivity index is 2.31. The average molecular weight is 213 g/mol. The number of hydrogen-bond donors (Lipinski definition) is 0. The summed E-state index contributed by atoms with van der Waals surface area (Å²) in [5.74, 6) is 0. The number of aromatic nitrogens is 1. The highest BCUT2D eigenvalue weighted by Gasteiger charge is 1.98. The molecule has 2 nitrogen and oxygen atoms in total. The van der Waals surface area contributed by atoms with Crippen LogP contribution in [0.1, 0.15) is 16.7 Å². The van der Waals surface area contributed by atoms with Gasteiger partial charge in [0.1, 0.15) is 0 Å². The van der Waals surface area contributed by atoms with E-state index in [9.17, 15) is 4.79 Å². The molecule has 0 radical (unpaired) electrons. The minimum atomic E-state index is 0.0423. The van der Waals surface area contributed by atoms with Crippen LogP contribution in [0.2, 0.25) is 0 Å². The van der Waals surface area contributed by atoms with E-state index in [1.807, 2.05) is 12.3 Å². The monoisotopic (exact) mass is 213 g/mol. The van der Waals surface area contributed by atoms with Gasteiger partial charge in [-0.2, -0.15) is 0 Å². The standard InChI is InChI=1S/C14H15NO/c1-11-6-7-13(9-12(11)2)10-15-8-4-3-5-14(15)16/h3-9H,10H2,1-2H3. The maximum atomic E-state index is 11.5. The van der Waals surface area contributed by atoms with Gasteiger partial charge in [-0.15, -0.1) is 0 Å². The molecule has 0 bridgehead atoms. The summed E-state index contributed by atoms with van der Waals surface area (Å²) in [6.45, 7) is 4.82. The van der Waals surface area contributed by atoms with Crippen LogP contribution in [0.15, 0.2) is 47.4 Å². The molecule has 2 heteroatoms. The molecule has 16 heavy (non-hydrogen) atoms. The predicted molar refractivity (Wildman–Crippen MR) is 65.7 cm³/mol. The van der Waals surface area contributed by atoms with Crippen molar-refractivity contribution in [2.75, 3.05) is 0 Å². The van der Waals surface area contributed by atoms with E-state index in [0.29, 0.717) is 6.54 Å². The van der Waals surface area contributed by atoms with Crippen molar-refractivity contribution in [1.29, 1.82) is 0 Å². The summed E-state index contributed by atoms with van der Waals surface area (Å²) in [6.07, 6.45) is 1.82. The third kappa shape index (κ3) is 2.22. The van der Waals surface area contributed by atoms with Crippen LogP contribution >= 0.6 is 0 Å². The van der Waals surface area contributed by atoms with Gasteiger partial charge in [0, 0.05) is 12.3 Å². The number of hydrogen-bond acceptors (Lipinski definition) is 1. The lowest BCUT2D eigenvalue weighted by molar-refractivity contribution is 0.758. The summed E-state index contributed by atoms with van der Waals surface area (Å²) in [6, 6.07) is 11.5. The van der Waals surface area contributed by atoms with Crippen LogP contribution in [0, 0.1) is 13.8 Å². The third-order valence-electron chi connectivity index (χ3n) is 2.82. The fraction of sp³-hybridized carbons (Fsp3) is 0.214. The van der Waals surface area contributed by atoms with E-state index in [1.165, 1.54) is 11.1 Å². The van der Waals surface area contributed by atoms with Crippen LogP contribution in [0.4, 0.5) is 0 Å². The zero-order valence-electron chi connectivity index (χ0n) is 9.60. The van der Waals surface area contributed by atoms with E-state index in [0.717, 1.165) is 5.56 Å². The highest BCUT2D eigenvalue weighted by molar-refractivity contribution is 5.30. The highest BCUT2D eigenvalue weighted by atomic mass is 16.1. The summed E-state index contributed by atoms with van der Waals surface area (Å²) >= 11 is 0. The second kappa shape index (κ2) is 4.35. The number of pyridine rings is 1. The minimum Gasteiger partial charge on any atom is -0.311 e. The molecule has 1 heterocycles. The van der Waals surface area contributed by atoms with Gasteiger partial charge >= 0.3 is 0 Å². The molecule has 0 saturated heterocycles. The number of benzene rings is 1. The lowest BCUT2D eigenvalue weighted by Crippen LogP contribution is -2.18. The number of nitrogens with zero attached hydrogens (tertiary/aromatic N) is 1. The summed E-state index contributed by atoms with van der Waals surface area (Å²) in [7, 11) is 0. The second-order valence-corrected chi connectivity index (χ2v) is 4.09.